The Bertz CT molecular complexity index is 528. The number of hydrogen-bond acceptors (Lipinski definition) is 3. The van der Waals surface area contributed by atoms with Crippen LogP contribution in [-0.2, 0) is 5.88 Å². The minimum atomic E-state index is 0.394. The first-order chi connectivity index (χ1) is 8.72. The van der Waals surface area contributed by atoms with E-state index in [2.05, 4.69) is 4.98 Å². The molecule has 0 aliphatic carbocycles. The average Bonchev–Trinajstić information content (AvgIpc) is 2.40. The Morgan fingerprint density at radius 2 is 2.00 bits per heavy atom. The molecule has 4 heteroatoms. The van der Waals surface area contributed by atoms with Gasteiger partial charge in [-0.2, -0.15) is 0 Å². The highest BCUT2D eigenvalue weighted by atomic mass is 35.5. The number of ether oxygens (including phenoxy) is 1. The second-order valence-corrected chi connectivity index (χ2v) is 4.99. The molecule has 1 heterocycles. The van der Waals surface area contributed by atoms with Crippen molar-refractivity contribution in [3.63, 3.8) is 0 Å². The predicted octanol–water partition coefficient (Wildman–Crippen LogP) is 4.64. The van der Waals surface area contributed by atoms with Gasteiger partial charge in [0.2, 0.25) is 0 Å². The zero-order valence-electron chi connectivity index (χ0n) is 10.3. The van der Waals surface area contributed by atoms with Gasteiger partial charge in [0, 0.05) is 28.4 Å². The maximum atomic E-state index is 5.87. The monoisotopic (exact) mass is 279 g/mol. The molecule has 2 aromatic rings. The lowest BCUT2D eigenvalue weighted by atomic mass is 10.2. The molecule has 0 unspecified atom stereocenters. The van der Waals surface area contributed by atoms with Gasteiger partial charge in [0.25, 0.3) is 0 Å². The average molecular weight is 280 g/mol. The minimum Gasteiger partial charge on any atom is -0.457 e. The molecule has 2 nitrogen and oxygen atoms in total. The Morgan fingerprint density at radius 1 is 1.28 bits per heavy atom. The third kappa shape index (κ3) is 3.18. The zero-order chi connectivity index (χ0) is 13.0. The van der Waals surface area contributed by atoms with Crippen molar-refractivity contribution in [1.82, 2.24) is 4.98 Å². The summed E-state index contributed by atoms with van der Waals surface area (Å²) < 4.78 is 5.85. The Morgan fingerprint density at radius 3 is 2.61 bits per heavy atom. The van der Waals surface area contributed by atoms with Gasteiger partial charge < -0.3 is 4.74 Å². The van der Waals surface area contributed by atoms with Crippen molar-refractivity contribution in [3.05, 3.63) is 47.8 Å². The Kier molecular flexibility index (Phi) is 4.50. The summed E-state index contributed by atoms with van der Waals surface area (Å²) >= 11 is 7.58. The number of thioether (sulfide) groups is 1. The Balaban J connectivity index is 2.24. The van der Waals surface area contributed by atoms with Gasteiger partial charge in [0.1, 0.15) is 11.5 Å². The highest BCUT2D eigenvalue weighted by Crippen LogP contribution is 2.28. The molecule has 94 valence electrons. The van der Waals surface area contributed by atoms with Crippen LogP contribution in [0.2, 0.25) is 0 Å². The summed E-state index contributed by atoms with van der Waals surface area (Å²) in [6.07, 6.45) is 3.81. The molecule has 0 radical (unpaired) electrons. The van der Waals surface area contributed by atoms with E-state index in [0.29, 0.717) is 5.88 Å². The fourth-order valence-corrected chi connectivity index (χ4v) is 2.14. The standard InChI is InChI=1S/C14H14ClNOS/c1-10-7-14(11(8-15)9-16-10)17-12-3-5-13(18-2)6-4-12/h3-7,9H,8H2,1-2H3. The van der Waals surface area contributed by atoms with Crippen LogP contribution in [0.1, 0.15) is 11.3 Å². The molecule has 0 fully saturated rings. The summed E-state index contributed by atoms with van der Waals surface area (Å²) in [5.41, 5.74) is 1.82. The molecule has 2 rings (SSSR count). The highest BCUT2D eigenvalue weighted by Gasteiger charge is 2.05. The van der Waals surface area contributed by atoms with E-state index in [0.717, 1.165) is 22.8 Å². The summed E-state index contributed by atoms with van der Waals surface area (Å²) in [5.74, 6) is 1.98. The molecule has 0 bridgehead atoms. The van der Waals surface area contributed by atoms with Crippen LogP contribution >= 0.6 is 23.4 Å². The molecule has 1 aromatic carbocycles. The molecule has 0 saturated heterocycles. The number of halogens is 1. The topological polar surface area (TPSA) is 22.1 Å². The molecule has 0 aliphatic rings. The van der Waals surface area contributed by atoms with Crippen molar-refractivity contribution in [2.75, 3.05) is 6.26 Å². The SMILES string of the molecule is CSc1ccc(Oc2cc(C)ncc2CCl)cc1. The third-order valence-corrected chi connectivity index (χ3v) is 3.54. The lowest BCUT2D eigenvalue weighted by Crippen LogP contribution is -1.92. The summed E-state index contributed by atoms with van der Waals surface area (Å²) in [5, 5.41) is 0. The van der Waals surface area contributed by atoms with Crippen molar-refractivity contribution < 1.29 is 4.74 Å². The van der Waals surface area contributed by atoms with Crippen molar-refractivity contribution in [2.24, 2.45) is 0 Å². The van der Waals surface area contributed by atoms with E-state index in [1.165, 1.54) is 4.90 Å². The number of benzene rings is 1. The molecule has 0 saturated carbocycles. The first-order valence-electron chi connectivity index (χ1n) is 5.56. The van der Waals surface area contributed by atoms with Gasteiger partial charge in [-0.1, -0.05) is 0 Å². The van der Waals surface area contributed by atoms with Gasteiger partial charge in [0.05, 0.1) is 5.88 Å². The van der Waals surface area contributed by atoms with E-state index in [9.17, 15) is 0 Å². The van der Waals surface area contributed by atoms with E-state index >= 15 is 0 Å². The van der Waals surface area contributed by atoms with Gasteiger partial charge in [-0.05, 0) is 37.4 Å². The third-order valence-electron chi connectivity index (χ3n) is 2.51. The summed E-state index contributed by atoms with van der Waals surface area (Å²) in [6.45, 7) is 1.93. The molecule has 0 aliphatic heterocycles. The number of hydrogen-bond donors (Lipinski definition) is 0. The molecular formula is C14H14ClNOS. The van der Waals surface area contributed by atoms with Crippen molar-refractivity contribution in [2.45, 2.75) is 17.7 Å². The number of rotatable bonds is 4. The van der Waals surface area contributed by atoms with E-state index in [1.54, 1.807) is 18.0 Å². The molecule has 0 spiro atoms. The normalized spacial score (nSPS) is 10.4. The maximum absolute atomic E-state index is 5.87. The zero-order valence-corrected chi connectivity index (χ0v) is 11.9. The van der Waals surface area contributed by atoms with Crippen LogP contribution in [-0.4, -0.2) is 11.2 Å². The summed E-state index contributed by atoms with van der Waals surface area (Å²) in [6, 6.07) is 9.89. The van der Waals surface area contributed by atoms with E-state index in [-0.39, 0.29) is 0 Å². The van der Waals surface area contributed by atoms with Crippen LogP contribution in [0.5, 0.6) is 11.5 Å². The largest absolute Gasteiger partial charge is 0.457 e. The quantitative estimate of drug-likeness (QED) is 0.601. The van der Waals surface area contributed by atoms with Crippen molar-refractivity contribution in [3.8, 4) is 11.5 Å². The van der Waals surface area contributed by atoms with E-state index < -0.39 is 0 Å². The molecule has 0 amide bonds. The first kappa shape index (κ1) is 13.2. The number of aryl methyl sites for hydroxylation is 1. The Hall–Kier alpha value is -1.19. The van der Waals surface area contributed by atoms with Crippen LogP contribution in [0.15, 0.2) is 41.4 Å². The summed E-state index contributed by atoms with van der Waals surface area (Å²) in [4.78, 5) is 5.43. The van der Waals surface area contributed by atoms with Crippen LogP contribution in [0.3, 0.4) is 0 Å². The molecule has 0 atom stereocenters. The Labute approximate surface area is 116 Å². The van der Waals surface area contributed by atoms with Crippen molar-refractivity contribution >= 4 is 23.4 Å². The second-order valence-electron chi connectivity index (χ2n) is 3.84. The smallest absolute Gasteiger partial charge is 0.135 e. The molecule has 0 N–H and O–H groups in total. The number of aromatic nitrogens is 1. The number of alkyl halides is 1. The number of nitrogens with zero attached hydrogens (tertiary/aromatic N) is 1. The molecule has 1 aromatic heterocycles. The molecular weight excluding hydrogens is 266 g/mol. The van der Waals surface area contributed by atoms with Gasteiger partial charge >= 0.3 is 0 Å². The fraction of sp³-hybridized carbons (Fsp3) is 0.214. The predicted molar refractivity (Wildman–Crippen MR) is 76.8 cm³/mol. The van der Waals surface area contributed by atoms with Crippen LogP contribution < -0.4 is 4.74 Å². The fourth-order valence-electron chi connectivity index (χ4n) is 1.53. The van der Waals surface area contributed by atoms with Gasteiger partial charge in [-0.3, -0.25) is 4.98 Å². The molecule has 18 heavy (non-hydrogen) atoms. The highest BCUT2D eigenvalue weighted by molar-refractivity contribution is 7.98. The summed E-state index contributed by atoms with van der Waals surface area (Å²) in [7, 11) is 0. The van der Waals surface area contributed by atoms with Crippen LogP contribution in [0.4, 0.5) is 0 Å². The number of pyridine rings is 1. The minimum absolute atomic E-state index is 0.394. The van der Waals surface area contributed by atoms with E-state index in [4.69, 9.17) is 16.3 Å². The maximum Gasteiger partial charge on any atom is 0.135 e. The van der Waals surface area contributed by atoms with Gasteiger partial charge in [-0.25, -0.2) is 0 Å². The van der Waals surface area contributed by atoms with Gasteiger partial charge in [0.15, 0.2) is 0 Å². The first-order valence-corrected chi connectivity index (χ1v) is 7.32. The van der Waals surface area contributed by atoms with Crippen molar-refractivity contribution in [1.29, 1.82) is 0 Å². The van der Waals surface area contributed by atoms with Gasteiger partial charge in [-0.15, -0.1) is 23.4 Å². The van der Waals surface area contributed by atoms with Crippen LogP contribution in [0.25, 0.3) is 0 Å². The lowest BCUT2D eigenvalue weighted by molar-refractivity contribution is 0.476. The second kappa shape index (κ2) is 6.12. The van der Waals surface area contributed by atoms with E-state index in [1.807, 2.05) is 43.5 Å². The van der Waals surface area contributed by atoms with Crippen LogP contribution in [0, 0.1) is 6.92 Å². The lowest BCUT2D eigenvalue weighted by Gasteiger charge is -2.10.